The number of benzene rings is 1. The van der Waals surface area contributed by atoms with Crippen molar-refractivity contribution in [3.63, 3.8) is 0 Å². The van der Waals surface area contributed by atoms with E-state index in [0.717, 1.165) is 34.9 Å². The zero-order valence-corrected chi connectivity index (χ0v) is 14.1. The Balaban J connectivity index is 2.06. The van der Waals surface area contributed by atoms with Crippen LogP contribution in [-0.2, 0) is 6.42 Å². The van der Waals surface area contributed by atoms with E-state index in [1.54, 1.807) is 0 Å². The lowest BCUT2D eigenvalue weighted by Crippen LogP contribution is -2.04. The lowest BCUT2D eigenvalue weighted by atomic mass is 10.1. The quantitative estimate of drug-likeness (QED) is 0.570. The molecule has 112 valence electrons. The number of fused-ring (bicyclic) bond motifs is 1. The van der Waals surface area contributed by atoms with Gasteiger partial charge in [0.15, 0.2) is 0 Å². The lowest BCUT2D eigenvalue weighted by Gasteiger charge is -2.02. The van der Waals surface area contributed by atoms with Gasteiger partial charge in [0.25, 0.3) is 0 Å². The van der Waals surface area contributed by atoms with Crippen molar-refractivity contribution in [1.82, 2.24) is 4.40 Å². The van der Waals surface area contributed by atoms with E-state index in [1.807, 2.05) is 47.0 Å². The van der Waals surface area contributed by atoms with Gasteiger partial charge in [-0.2, -0.15) is 0 Å². The van der Waals surface area contributed by atoms with Gasteiger partial charge in [-0.25, -0.2) is 0 Å². The van der Waals surface area contributed by atoms with Crippen molar-refractivity contribution in [3.8, 4) is 0 Å². The molecule has 0 spiro atoms. The van der Waals surface area contributed by atoms with Crippen LogP contribution in [0.1, 0.15) is 41.4 Å². The topological polar surface area (TPSA) is 21.5 Å². The minimum absolute atomic E-state index is 0.0662. The molecule has 1 aromatic carbocycles. The Kier molecular flexibility index (Phi) is 4.44. The molecule has 3 rings (SSSR count). The predicted octanol–water partition coefficient (Wildman–Crippen LogP) is 5.28. The van der Waals surface area contributed by atoms with Crippen LogP contribution in [0.2, 0.25) is 0 Å². The summed E-state index contributed by atoms with van der Waals surface area (Å²) in [5.74, 6) is 0.0662. The summed E-state index contributed by atoms with van der Waals surface area (Å²) in [5, 5.41) is 0. The van der Waals surface area contributed by atoms with Gasteiger partial charge < -0.3 is 4.40 Å². The van der Waals surface area contributed by atoms with Crippen LogP contribution < -0.4 is 0 Å². The summed E-state index contributed by atoms with van der Waals surface area (Å²) in [6, 6.07) is 15.7. The van der Waals surface area contributed by atoms with E-state index in [1.165, 1.54) is 5.56 Å². The molecular weight excluding hydrogens is 338 g/mol. The van der Waals surface area contributed by atoms with Crippen LogP contribution >= 0.6 is 15.9 Å². The van der Waals surface area contributed by atoms with Gasteiger partial charge in [0.05, 0.1) is 5.69 Å². The zero-order chi connectivity index (χ0) is 15.5. The first-order chi connectivity index (χ1) is 10.7. The lowest BCUT2D eigenvalue weighted by molar-refractivity contribution is 0.103. The minimum Gasteiger partial charge on any atom is -0.313 e. The van der Waals surface area contributed by atoms with Crippen molar-refractivity contribution in [2.24, 2.45) is 0 Å². The molecule has 0 saturated carbocycles. The van der Waals surface area contributed by atoms with Gasteiger partial charge in [0, 0.05) is 21.7 Å². The number of carbonyl (C=O) groups is 1. The molecule has 2 nitrogen and oxygen atoms in total. The standard InChI is InChI=1S/C19H18BrNO/c1-2-3-6-15-13-18(21-12-5-4-7-17(15)21)19(22)14-8-10-16(20)11-9-14/h4-5,7-13H,2-3,6H2,1H3. The molecule has 3 heteroatoms. The van der Waals surface area contributed by atoms with E-state index in [9.17, 15) is 4.79 Å². The molecule has 0 aliphatic heterocycles. The van der Waals surface area contributed by atoms with Crippen molar-refractivity contribution < 1.29 is 4.79 Å². The molecule has 2 aromatic heterocycles. The average molecular weight is 356 g/mol. The fourth-order valence-electron chi connectivity index (χ4n) is 2.71. The number of halogens is 1. The number of carbonyl (C=O) groups excluding carboxylic acids is 1. The van der Waals surface area contributed by atoms with Crippen LogP contribution in [0, 0.1) is 0 Å². The van der Waals surface area contributed by atoms with Crippen molar-refractivity contribution in [2.75, 3.05) is 0 Å². The van der Waals surface area contributed by atoms with Gasteiger partial charge in [-0.3, -0.25) is 4.79 Å². The first-order valence-corrected chi connectivity index (χ1v) is 8.39. The predicted molar refractivity (Wildman–Crippen MR) is 93.6 cm³/mol. The highest BCUT2D eigenvalue weighted by Crippen LogP contribution is 2.22. The smallest absolute Gasteiger partial charge is 0.209 e. The van der Waals surface area contributed by atoms with E-state index in [4.69, 9.17) is 0 Å². The maximum atomic E-state index is 12.8. The molecule has 0 amide bonds. The second-order valence-electron chi connectivity index (χ2n) is 5.45. The van der Waals surface area contributed by atoms with Crippen LogP contribution in [0.25, 0.3) is 5.52 Å². The second-order valence-corrected chi connectivity index (χ2v) is 6.37. The fourth-order valence-corrected chi connectivity index (χ4v) is 2.98. The SMILES string of the molecule is CCCCc1cc(C(=O)c2ccc(Br)cc2)n2ccccc12. The van der Waals surface area contributed by atoms with Gasteiger partial charge in [-0.1, -0.05) is 35.3 Å². The number of pyridine rings is 1. The van der Waals surface area contributed by atoms with E-state index in [-0.39, 0.29) is 5.78 Å². The Bertz CT molecular complexity index is 802. The molecule has 0 aliphatic rings. The van der Waals surface area contributed by atoms with Gasteiger partial charge in [0.1, 0.15) is 0 Å². The molecule has 0 atom stereocenters. The van der Waals surface area contributed by atoms with Crippen LogP contribution in [0.3, 0.4) is 0 Å². The van der Waals surface area contributed by atoms with E-state index in [0.29, 0.717) is 5.56 Å². The third-order valence-corrected chi connectivity index (χ3v) is 4.43. The monoisotopic (exact) mass is 355 g/mol. The first-order valence-electron chi connectivity index (χ1n) is 7.60. The van der Waals surface area contributed by atoms with Crippen LogP contribution in [0.5, 0.6) is 0 Å². The van der Waals surface area contributed by atoms with Gasteiger partial charge in [-0.05, 0) is 60.9 Å². The zero-order valence-electron chi connectivity index (χ0n) is 12.6. The molecule has 0 bridgehead atoms. The Labute approximate surface area is 138 Å². The van der Waals surface area contributed by atoms with Crippen molar-refractivity contribution in [2.45, 2.75) is 26.2 Å². The molecule has 0 saturated heterocycles. The van der Waals surface area contributed by atoms with Gasteiger partial charge in [-0.15, -0.1) is 0 Å². The number of hydrogen-bond acceptors (Lipinski definition) is 1. The second kappa shape index (κ2) is 6.49. The summed E-state index contributed by atoms with van der Waals surface area (Å²) in [6.07, 6.45) is 5.27. The fraction of sp³-hybridized carbons (Fsp3) is 0.211. The van der Waals surface area contributed by atoms with Gasteiger partial charge >= 0.3 is 0 Å². The number of ketones is 1. The highest BCUT2D eigenvalue weighted by molar-refractivity contribution is 9.10. The maximum absolute atomic E-state index is 12.8. The Morgan fingerprint density at radius 3 is 2.64 bits per heavy atom. The molecule has 0 N–H and O–H groups in total. The Hall–Kier alpha value is -1.87. The summed E-state index contributed by atoms with van der Waals surface area (Å²) < 4.78 is 2.99. The first kappa shape index (κ1) is 15.0. The highest BCUT2D eigenvalue weighted by atomic mass is 79.9. The number of aryl methyl sites for hydroxylation is 1. The Morgan fingerprint density at radius 1 is 1.14 bits per heavy atom. The van der Waals surface area contributed by atoms with Crippen molar-refractivity contribution in [3.05, 3.63) is 76.0 Å². The maximum Gasteiger partial charge on any atom is 0.209 e. The molecule has 0 aliphatic carbocycles. The summed E-state index contributed by atoms with van der Waals surface area (Å²) in [4.78, 5) is 12.8. The molecule has 2 heterocycles. The number of aromatic nitrogens is 1. The average Bonchev–Trinajstić information content (AvgIpc) is 2.92. The van der Waals surface area contributed by atoms with Crippen LogP contribution in [0.15, 0.2) is 59.2 Å². The summed E-state index contributed by atoms with van der Waals surface area (Å²) in [7, 11) is 0. The van der Waals surface area contributed by atoms with Crippen molar-refractivity contribution >= 4 is 27.2 Å². The summed E-state index contributed by atoms with van der Waals surface area (Å²) in [6.45, 7) is 2.19. The normalized spacial score (nSPS) is 11.0. The van der Waals surface area contributed by atoms with E-state index < -0.39 is 0 Å². The van der Waals surface area contributed by atoms with E-state index in [2.05, 4.69) is 35.0 Å². The molecule has 3 aromatic rings. The number of nitrogens with zero attached hydrogens (tertiary/aromatic N) is 1. The summed E-state index contributed by atoms with van der Waals surface area (Å²) >= 11 is 3.41. The molecule has 22 heavy (non-hydrogen) atoms. The third kappa shape index (κ3) is 2.86. The largest absolute Gasteiger partial charge is 0.313 e. The molecule has 0 radical (unpaired) electrons. The van der Waals surface area contributed by atoms with Crippen LogP contribution in [-0.4, -0.2) is 10.2 Å². The molecule has 0 unspecified atom stereocenters. The minimum atomic E-state index is 0.0662. The van der Waals surface area contributed by atoms with Crippen molar-refractivity contribution in [1.29, 1.82) is 0 Å². The number of rotatable bonds is 5. The summed E-state index contributed by atoms with van der Waals surface area (Å²) in [5.41, 5.74) is 3.84. The van der Waals surface area contributed by atoms with E-state index >= 15 is 0 Å². The number of unbranched alkanes of at least 4 members (excludes halogenated alkanes) is 1. The highest BCUT2D eigenvalue weighted by Gasteiger charge is 2.16. The molecule has 0 fully saturated rings. The van der Waals surface area contributed by atoms with Gasteiger partial charge in [0.2, 0.25) is 5.78 Å². The third-order valence-electron chi connectivity index (χ3n) is 3.90. The molecular formula is C19H18BrNO. The number of hydrogen-bond donors (Lipinski definition) is 0. The van der Waals surface area contributed by atoms with Crippen LogP contribution in [0.4, 0.5) is 0 Å². The Morgan fingerprint density at radius 2 is 1.91 bits per heavy atom.